The first-order valence-electron chi connectivity index (χ1n) is 6.46. The Labute approximate surface area is 116 Å². The fourth-order valence-electron chi connectivity index (χ4n) is 2.43. The van der Waals surface area contributed by atoms with Crippen LogP contribution in [-0.2, 0) is 4.74 Å². The van der Waals surface area contributed by atoms with Crippen molar-refractivity contribution in [1.82, 2.24) is 15.0 Å². The summed E-state index contributed by atoms with van der Waals surface area (Å²) in [6, 6.07) is 9.60. The number of hydrogen-bond donors (Lipinski definition) is 0. The van der Waals surface area contributed by atoms with Gasteiger partial charge in [-0.1, -0.05) is 17.3 Å². The molecule has 6 heteroatoms. The van der Waals surface area contributed by atoms with E-state index in [2.05, 4.69) is 16.4 Å². The molecular weight excluding hydrogens is 256 g/mol. The van der Waals surface area contributed by atoms with Crippen molar-refractivity contribution in [3.8, 4) is 17.5 Å². The molecule has 0 N–H and O–H groups in total. The third-order valence-corrected chi connectivity index (χ3v) is 3.36. The van der Waals surface area contributed by atoms with Crippen molar-refractivity contribution in [1.29, 1.82) is 5.26 Å². The lowest BCUT2D eigenvalue weighted by Gasteiger charge is -2.14. The molecule has 0 amide bonds. The van der Waals surface area contributed by atoms with E-state index < -0.39 is 0 Å². The molecule has 1 aromatic heterocycles. The Balaban J connectivity index is 2.14. The predicted molar refractivity (Wildman–Crippen MR) is 70.6 cm³/mol. The van der Waals surface area contributed by atoms with Crippen LogP contribution in [0, 0.1) is 11.3 Å². The van der Waals surface area contributed by atoms with Gasteiger partial charge in [-0.15, -0.1) is 5.10 Å². The van der Waals surface area contributed by atoms with Gasteiger partial charge in [-0.3, -0.25) is 0 Å². The first-order chi connectivity index (χ1) is 9.85. The number of ether oxygens (including phenoxy) is 2. The first-order valence-corrected chi connectivity index (χ1v) is 6.46. The first kappa shape index (κ1) is 12.6. The third-order valence-electron chi connectivity index (χ3n) is 3.36. The molecule has 2 heterocycles. The summed E-state index contributed by atoms with van der Waals surface area (Å²) in [4.78, 5) is 0. The summed E-state index contributed by atoms with van der Waals surface area (Å²) in [7, 11) is 1.60. The Morgan fingerprint density at radius 2 is 2.30 bits per heavy atom. The molecule has 0 spiro atoms. The molecule has 0 aliphatic carbocycles. The number of hydrogen-bond acceptors (Lipinski definition) is 5. The van der Waals surface area contributed by atoms with Gasteiger partial charge in [0.1, 0.15) is 29.3 Å². The van der Waals surface area contributed by atoms with E-state index in [1.165, 1.54) is 0 Å². The lowest BCUT2D eigenvalue weighted by Crippen LogP contribution is -2.09. The van der Waals surface area contributed by atoms with Crippen LogP contribution >= 0.6 is 0 Å². The number of nitrogens with zero attached hydrogens (tertiary/aromatic N) is 4. The summed E-state index contributed by atoms with van der Waals surface area (Å²) < 4.78 is 12.7. The summed E-state index contributed by atoms with van der Waals surface area (Å²) in [6.45, 7) is 0.701. The van der Waals surface area contributed by atoms with Crippen LogP contribution < -0.4 is 4.74 Å². The van der Waals surface area contributed by atoms with Crippen molar-refractivity contribution >= 4 is 0 Å². The van der Waals surface area contributed by atoms with Gasteiger partial charge < -0.3 is 9.47 Å². The number of nitriles is 1. The summed E-state index contributed by atoms with van der Waals surface area (Å²) in [5.74, 6) is 0.682. The molecule has 1 aromatic carbocycles. The van der Waals surface area contributed by atoms with E-state index in [0.29, 0.717) is 23.7 Å². The van der Waals surface area contributed by atoms with Crippen LogP contribution in [0.15, 0.2) is 24.3 Å². The second kappa shape index (κ2) is 5.31. The van der Waals surface area contributed by atoms with E-state index in [9.17, 15) is 5.26 Å². The Hall–Kier alpha value is -2.39. The molecule has 1 saturated heterocycles. The molecule has 1 unspecified atom stereocenters. The van der Waals surface area contributed by atoms with Crippen LogP contribution in [0.25, 0.3) is 5.69 Å². The topological polar surface area (TPSA) is 73.0 Å². The molecule has 0 radical (unpaired) electrons. The Kier molecular flexibility index (Phi) is 3.35. The van der Waals surface area contributed by atoms with E-state index in [-0.39, 0.29) is 6.10 Å². The second-order valence-electron chi connectivity index (χ2n) is 4.52. The third kappa shape index (κ3) is 2.02. The number of benzene rings is 1. The normalized spacial score (nSPS) is 17.9. The average molecular weight is 270 g/mol. The summed E-state index contributed by atoms with van der Waals surface area (Å²) in [5.41, 5.74) is 1.77. The number of para-hydroxylation sites is 2. The smallest absolute Gasteiger partial charge is 0.189 e. The molecule has 1 fully saturated rings. The molecule has 6 nitrogen and oxygen atoms in total. The monoisotopic (exact) mass is 270 g/mol. The maximum absolute atomic E-state index is 9.21. The van der Waals surface area contributed by atoms with Gasteiger partial charge in [0.15, 0.2) is 5.69 Å². The van der Waals surface area contributed by atoms with Crippen molar-refractivity contribution in [3.63, 3.8) is 0 Å². The van der Waals surface area contributed by atoms with Crippen LogP contribution in [0.4, 0.5) is 0 Å². The molecule has 0 bridgehead atoms. The van der Waals surface area contributed by atoms with Crippen molar-refractivity contribution in [3.05, 3.63) is 35.7 Å². The maximum atomic E-state index is 9.21. The molecular formula is C14H14N4O2. The Morgan fingerprint density at radius 1 is 1.45 bits per heavy atom. The van der Waals surface area contributed by atoms with Gasteiger partial charge in [-0.2, -0.15) is 5.26 Å². The lowest BCUT2D eigenvalue weighted by atomic mass is 10.1. The van der Waals surface area contributed by atoms with Crippen molar-refractivity contribution < 1.29 is 9.47 Å². The summed E-state index contributed by atoms with van der Waals surface area (Å²) in [5, 5.41) is 17.3. The SMILES string of the molecule is COc1ccccc1-n1nnc(C#N)c1C1CCCO1. The summed E-state index contributed by atoms with van der Waals surface area (Å²) >= 11 is 0. The molecule has 0 saturated carbocycles. The average Bonchev–Trinajstić information content (AvgIpc) is 3.15. The molecule has 1 aliphatic heterocycles. The largest absolute Gasteiger partial charge is 0.494 e. The minimum absolute atomic E-state index is 0.135. The number of rotatable bonds is 3. The fourth-order valence-corrected chi connectivity index (χ4v) is 2.43. The van der Waals surface area contributed by atoms with Gasteiger partial charge in [0.25, 0.3) is 0 Å². The van der Waals surface area contributed by atoms with Crippen LogP contribution in [0.2, 0.25) is 0 Å². The molecule has 102 valence electrons. The zero-order chi connectivity index (χ0) is 13.9. The molecule has 3 rings (SSSR count). The van der Waals surface area contributed by atoms with Crippen LogP contribution in [0.3, 0.4) is 0 Å². The highest BCUT2D eigenvalue weighted by atomic mass is 16.5. The van der Waals surface area contributed by atoms with Gasteiger partial charge in [0.2, 0.25) is 0 Å². The zero-order valence-electron chi connectivity index (χ0n) is 11.1. The van der Waals surface area contributed by atoms with Gasteiger partial charge in [-0.25, -0.2) is 4.68 Å². The van der Waals surface area contributed by atoms with Crippen molar-refractivity contribution in [2.45, 2.75) is 18.9 Å². The summed E-state index contributed by atoms with van der Waals surface area (Å²) in [6.07, 6.45) is 1.72. The Morgan fingerprint density at radius 3 is 3.00 bits per heavy atom. The van der Waals surface area contributed by atoms with E-state index in [0.717, 1.165) is 18.5 Å². The van der Waals surface area contributed by atoms with Crippen molar-refractivity contribution in [2.75, 3.05) is 13.7 Å². The van der Waals surface area contributed by atoms with E-state index >= 15 is 0 Å². The molecule has 20 heavy (non-hydrogen) atoms. The molecule has 2 aromatic rings. The minimum atomic E-state index is -0.135. The second-order valence-corrected chi connectivity index (χ2v) is 4.52. The van der Waals surface area contributed by atoms with E-state index in [1.54, 1.807) is 11.8 Å². The molecule has 1 atom stereocenters. The van der Waals surface area contributed by atoms with Crippen LogP contribution in [-0.4, -0.2) is 28.7 Å². The highest BCUT2D eigenvalue weighted by Crippen LogP contribution is 2.33. The standard InChI is InChI=1S/C14H14N4O2/c1-19-12-6-3-2-5-11(12)18-14(10(9-15)16-17-18)13-7-4-8-20-13/h2-3,5-6,13H,4,7-8H2,1H3. The van der Waals surface area contributed by atoms with E-state index in [1.807, 2.05) is 24.3 Å². The van der Waals surface area contributed by atoms with Gasteiger partial charge in [0, 0.05) is 6.61 Å². The number of methoxy groups -OCH3 is 1. The van der Waals surface area contributed by atoms with Gasteiger partial charge >= 0.3 is 0 Å². The van der Waals surface area contributed by atoms with Gasteiger partial charge in [-0.05, 0) is 25.0 Å². The van der Waals surface area contributed by atoms with E-state index in [4.69, 9.17) is 9.47 Å². The number of aromatic nitrogens is 3. The van der Waals surface area contributed by atoms with Gasteiger partial charge in [0.05, 0.1) is 7.11 Å². The maximum Gasteiger partial charge on any atom is 0.189 e. The van der Waals surface area contributed by atoms with Crippen LogP contribution in [0.5, 0.6) is 5.75 Å². The van der Waals surface area contributed by atoms with Crippen LogP contribution in [0.1, 0.15) is 30.3 Å². The minimum Gasteiger partial charge on any atom is -0.494 e. The Bertz CT molecular complexity index is 653. The highest BCUT2D eigenvalue weighted by molar-refractivity contribution is 5.48. The zero-order valence-corrected chi connectivity index (χ0v) is 11.1. The quantitative estimate of drug-likeness (QED) is 0.852. The van der Waals surface area contributed by atoms with Crippen molar-refractivity contribution in [2.24, 2.45) is 0 Å². The predicted octanol–water partition coefficient (Wildman–Crippen LogP) is 2.00. The lowest BCUT2D eigenvalue weighted by molar-refractivity contribution is 0.106. The highest BCUT2D eigenvalue weighted by Gasteiger charge is 2.28. The molecule has 1 aliphatic rings. The fraction of sp³-hybridized carbons (Fsp3) is 0.357.